The van der Waals surface area contributed by atoms with Crippen LogP contribution in [0.25, 0.3) is 0 Å². The summed E-state index contributed by atoms with van der Waals surface area (Å²) in [7, 11) is -1.28. The summed E-state index contributed by atoms with van der Waals surface area (Å²) in [4.78, 5) is 6.82. The Morgan fingerprint density at radius 2 is 1.97 bits per heavy atom. The molecule has 1 unspecified atom stereocenters. The Labute approximate surface area is 217 Å². The van der Waals surface area contributed by atoms with Gasteiger partial charge in [0.25, 0.3) is 0 Å². The van der Waals surface area contributed by atoms with Gasteiger partial charge in [-0.2, -0.15) is 0 Å². The van der Waals surface area contributed by atoms with Gasteiger partial charge in [-0.25, -0.2) is 13.9 Å². The van der Waals surface area contributed by atoms with Gasteiger partial charge in [0.1, 0.15) is 18.2 Å². The van der Waals surface area contributed by atoms with Crippen LogP contribution in [0.4, 0.5) is 5.82 Å². The van der Waals surface area contributed by atoms with Crippen LogP contribution in [-0.4, -0.2) is 33.6 Å². The Morgan fingerprint density at radius 1 is 1.30 bits per heavy atom. The van der Waals surface area contributed by atoms with Gasteiger partial charge in [-0.1, -0.05) is 35.9 Å². The van der Waals surface area contributed by atoms with Crippen LogP contribution in [0.1, 0.15) is 45.2 Å². The van der Waals surface area contributed by atoms with Crippen molar-refractivity contribution in [3.8, 4) is 5.75 Å². The molecule has 3 rings (SSSR count). The van der Waals surface area contributed by atoms with E-state index in [-0.39, 0.29) is 12.0 Å². The highest BCUT2D eigenvalue weighted by atomic mass is 79.9. The molecule has 1 fully saturated rings. The minimum Gasteiger partial charge on any atom is -0.489 e. The summed E-state index contributed by atoms with van der Waals surface area (Å²) < 4.78 is 23.0. The average Bonchev–Trinajstić information content (AvgIpc) is 2.78. The number of ether oxygens (including phenoxy) is 1. The lowest BCUT2D eigenvalue weighted by Gasteiger charge is -2.38. The second-order valence-electron chi connectivity index (χ2n) is 9.04. The first-order valence-electron chi connectivity index (χ1n) is 10.9. The minimum absolute atomic E-state index is 0.209. The number of anilines is 1. The number of benzene rings is 1. The summed E-state index contributed by atoms with van der Waals surface area (Å²) >= 11 is 16.2. The SMILES string of the molecule is C=CCOc1cc(Cl)c(Cl)cc1[C@H](NS(=O)C(C)(C)C)C1CCN(c2ccc(Br)cn2)CC1. The highest BCUT2D eigenvalue weighted by molar-refractivity contribution is 9.10. The minimum atomic E-state index is -1.28. The van der Waals surface area contributed by atoms with Crippen molar-refractivity contribution < 1.29 is 8.95 Å². The first-order chi connectivity index (χ1) is 15.6. The Bertz CT molecular complexity index is 990. The molecule has 180 valence electrons. The van der Waals surface area contributed by atoms with Gasteiger partial charge >= 0.3 is 0 Å². The molecule has 0 bridgehead atoms. The number of pyridine rings is 1. The molecule has 0 saturated carbocycles. The summed E-state index contributed by atoms with van der Waals surface area (Å²) in [5.41, 5.74) is 0.865. The Balaban J connectivity index is 1.89. The number of piperidine rings is 1. The monoisotopic (exact) mass is 573 g/mol. The number of hydrogen-bond donors (Lipinski definition) is 1. The molecule has 0 radical (unpaired) electrons. The highest BCUT2D eigenvalue weighted by Crippen LogP contribution is 2.40. The Kier molecular flexibility index (Phi) is 9.26. The molecule has 33 heavy (non-hydrogen) atoms. The van der Waals surface area contributed by atoms with Gasteiger partial charge in [0, 0.05) is 35.4 Å². The molecule has 0 aliphatic carbocycles. The van der Waals surface area contributed by atoms with Crippen LogP contribution < -0.4 is 14.4 Å². The second-order valence-corrected chi connectivity index (χ2v) is 12.8. The molecule has 1 aromatic carbocycles. The van der Waals surface area contributed by atoms with E-state index in [4.69, 9.17) is 27.9 Å². The molecule has 1 saturated heterocycles. The summed E-state index contributed by atoms with van der Waals surface area (Å²) in [6, 6.07) is 7.39. The maximum absolute atomic E-state index is 13.1. The molecule has 0 amide bonds. The van der Waals surface area contributed by atoms with Crippen molar-refractivity contribution in [1.82, 2.24) is 9.71 Å². The van der Waals surface area contributed by atoms with E-state index in [1.807, 2.05) is 45.2 Å². The normalized spacial score (nSPS) is 17.0. The Morgan fingerprint density at radius 3 is 2.55 bits per heavy atom. The maximum Gasteiger partial charge on any atom is 0.128 e. The van der Waals surface area contributed by atoms with Crippen molar-refractivity contribution in [1.29, 1.82) is 0 Å². The van der Waals surface area contributed by atoms with Crippen LogP contribution in [0.3, 0.4) is 0 Å². The molecule has 1 aliphatic heterocycles. The van der Waals surface area contributed by atoms with Crippen LogP contribution >= 0.6 is 39.1 Å². The summed E-state index contributed by atoms with van der Waals surface area (Å²) in [5, 5.41) is 0.869. The predicted molar refractivity (Wildman–Crippen MR) is 143 cm³/mol. The van der Waals surface area contributed by atoms with E-state index >= 15 is 0 Å². The van der Waals surface area contributed by atoms with Gasteiger partial charge in [-0.15, -0.1) is 0 Å². The zero-order chi connectivity index (χ0) is 24.2. The average molecular weight is 575 g/mol. The predicted octanol–water partition coefficient (Wildman–Crippen LogP) is 6.73. The van der Waals surface area contributed by atoms with E-state index < -0.39 is 15.7 Å². The van der Waals surface area contributed by atoms with Crippen LogP contribution in [0.2, 0.25) is 10.0 Å². The van der Waals surface area contributed by atoms with Gasteiger partial charge in [0.15, 0.2) is 0 Å². The van der Waals surface area contributed by atoms with Gasteiger partial charge in [-0.3, -0.25) is 0 Å². The van der Waals surface area contributed by atoms with Crippen molar-refractivity contribution in [2.75, 3.05) is 24.6 Å². The number of rotatable bonds is 8. The number of hydrogen-bond acceptors (Lipinski definition) is 4. The first kappa shape index (κ1) is 26.5. The van der Waals surface area contributed by atoms with Crippen molar-refractivity contribution in [2.24, 2.45) is 5.92 Å². The summed E-state index contributed by atoms with van der Waals surface area (Å²) in [6.07, 6.45) is 5.30. The largest absolute Gasteiger partial charge is 0.489 e. The zero-order valence-corrected chi connectivity index (χ0v) is 23.0. The van der Waals surface area contributed by atoms with Crippen molar-refractivity contribution >= 4 is 55.9 Å². The third-order valence-electron chi connectivity index (χ3n) is 5.58. The fourth-order valence-electron chi connectivity index (χ4n) is 3.78. The van der Waals surface area contributed by atoms with E-state index in [1.165, 1.54) is 0 Å². The van der Waals surface area contributed by atoms with E-state index in [9.17, 15) is 4.21 Å². The van der Waals surface area contributed by atoms with Crippen molar-refractivity contribution in [2.45, 2.75) is 44.4 Å². The quantitative estimate of drug-likeness (QED) is 0.355. The maximum atomic E-state index is 13.1. The van der Waals surface area contributed by atoms with E-state index in [1.54, 1.807) is 12.1 Å². The molecule has 2 atom stereocenters. The number of aromatic nitrogens is 1. The van der Waals surface area contributed by atoms with Crippen LogP contribution in [-0.2, 0) is 11.0 Å². The fraction of sp³-hybridized carbons (Fsp3) is 0.458. The molecular formula is C24H30BrCl2N3O2S. The van der Waals surface area contributed by atoms with Crippen molar-refractivity contribution in [3.05, 3.63) is 63.2 Å². The number of halogens is 3. The molecule has 1 N–H and O–H groups in total. The van der Waals surface area contributed by atoms with Crippen molar-refractivity contribution in [3.63, 3.8) is 0 Å². The van der Waals surface area contributed by atoms with E-state index in [0.717, 1.165) is 41.8 Å². The summed E-state index contributed by atoms with van der Waals surface area (Å²) in [5.74, 6) is 1.82. The molecule has 2 aromatic rings. The summed E-state index contributed by atoms with van der Waals surface area (Å²) in [6.45, 7) is 11.7. The molecule has 2 heterocycles. The van der Waals surface area contributed by atoms with Crippen LogP contribution in [0, 0.1) is 5.92 Å². The van der Waals surface area contributed by atoms with Gasteiger partial charge in [0.05, 0.1) is 31.8 Å². The Hall–Kier alpha value is -1.12. The van der Waals surface area contributed by atoms with E-state index in [0.29, 0.717) is 22.4 Å². The lowest BCUT2D eigenvalue weighted by Crippen LogP contribution is -2.43. The lowest BCUT2D eigenvalue weighted by atomic mass is 9.85. The van der Waals surface area contributed by atoms with Gasteiger partial charge in [-0.05, 0) is 73.7 Å². The second kappa shape index (κ2) is 11.5. The van der Waals surface area contributed by atoms with Crippen LogP contribution in [0.5, 0.6) is 5.75 Å². The zero-order valence-electron chi connectivity index (χ0n) is 19.1. The molecule has 1 aromatic heterocycles. The molecular weight excluding hydrogens is 545 g/mol. The smallest absolute Gasteiger partial charge is 0.128 e. The molecule has 0 spiro atoms. The fourth-order valence-corrected chi connectivity index (χ4v) is 5.25. The highest BCUT2D eigenvalue weighted by Gasteiger charge is 2.34. The van der Waals surface area contributed by atoms with Crippen LogP contribution in [0.15, 0.2) is 47.6 Å². The number of nitrogens with one attached hydrogen (secondary N) is 1. The molecule has 5 nitrogen and oxygen atoms in total. The van der Waals surface area contributed by atoms with Gasteiger partial charge in [0.2, 0.25) is 0 Å². The molecule has 9 heteroatoms. The first-order valence-corrected chi connectivity index (χ1v) is 13.6. The third kappa shape index (κ3) is 6.95. The number of nitrogens with zero attached hydrogens (tertiary/aromatic N) is 2. The molecule has 1 aliphatic rings. The van der Waals surface area contributed by atoms with Gasteiger partial charge < -0.3 is 9.64 Å². The third-order valence-corrected chi connectivity index (χ3v) is 8.35. The standard InChI is InChI=1S/C24H30BrCl2N3O2S/c1-5-12-32-21-14-20(27)19(26)13-18(21)23(29-33(31)24(2,3)4)16-8-10-30(11-9-16)22-7-6-17(25)15-28-22/h5-7,13-16,23,29H,1,8-12H2,2-4H3/t23-,33?/m1/s1. The lowest BCUT2D eigenvalue weighted by molar-refractivity contribution is 0.309. The topological polar surface area (TPSA) is 54.5 Å². The van der Waals surface area contributed by atoms with E-state index in [2.05, 4.69) is 37.1 Å².